The molecule has 2 aromatic heterocycles. The van der Waals surface area contributed by atoms with Gasteiger partial charge in [0, 0.05) is 29.7 Å². The molecule has 0 fully saturated rings. The maximum absolute atomic E-state index is 13.1. The Hall–Kier alpha value is -3.80. The Morgan fingerprint density at radius 2 is 1.85 bits per heavy atom. The Bertz CT molecular complexity index is 1190. The molecule has 4 rings (SSSR count). The van der Waals surface area contributed by atoms with Gasteiger partial charge < -0.3 is 9.73 Å². The largest absolute Gasteiger partial charge is 0.456 e. The zero-order chi connectivity index (χ0) is 18.8. The van der Waals surface area contributed by atoms with Crippen LogP contribution >= 0.6 is 0 Å². The van der Waals surface area contributed by atoms with Crippen molar-refractivity contribution in [2.24, 2.45) is 0 Å². The Morgan fingerprint density at radius 3 is 2.59 bits per heavy atom. The van der Waals surface area contributed by atoms with Crippen LogP contribution in [0.4, 0.5) is 10.1 Å². The molecular formula is C21H13FN2O3. The molecule has 1 amide bonds. The number of halogens is 1. The van der Waals surface area contributed by atoms with Crippen molar-refractivity contribution in [1.29, 1.82) is 0 Å². The van der Waals surface area contributed by atoms with Gasteiger partial charge in [0.15, 0.2) is 5.43 Å². The van der Waals surface area contributed by atoms with Gasteiger partial charge in [-0.25, -0.2) is 4.39 Å². The second-order valence-electron chi connectivity index (χ2n) is 5.89. The molecule has 0 atom stereocenters. The lowest BCUT2D eigenvalue weighted by Crippen LogP contribution is -2.12. The van der Waals surface area contributed by atoms with Gasteiger partial charge in [-0.1, -0.05) is 0 Å². The average molecular weight is 360 g/mol. The maximum atomic E-state index is 13.1. The summed E-state index contributed by atoms with van der Waals surface area (Å²) in [6, 6.07) is 15.2. The number of carbonyl (C=O) groups excluding carboxylic acids is 1. The first kappa shape index (κ1) is 16.7. The normalized spacial score (nSPS) is 10.7. The van der Waals surface area contributed by atoms with E-state index in [0.717, 1.165) is 0 Å². The van der Waals surface area contributed by atoms with Crippen LogP contribution in [-0.2, 0) is 0 Å². The van der Waals surface area contributed by atoms with Gasteiger partial charge in [0.25, 0.3) is 5.91 Å². The van der Waals surface area contributed by atoms with E-state index >= 15 is 0 Å². The highest BCUT2D eigenvalue weighted by atomic mass is 19.1. The van der Waals surface area contributed by atoms with Gasteiger partial charge in [-0.15, -0.1) is 0 Å². The predicted molar refractivity (Wildman–Crippen MR) is 100 cm³/mol. The number of benzene rings is 2. The molecule has 5 nitrogen and oxygen atoms in total. The minimum atomic E-state index is -0.365. The fourth-order valence-electron chi connectivity index (χ4n) is 2.69. The third kappa shape index (κ3) is 3.46. The fourth-order valence-corrected chi connectivity index (χ4v) is 2.69. The molecule has 0 spiro atoms. The highest BCUT2D eigenvalue weighted by Crippen LogP contribution is 2.24. The molecule has 4 aromatic rings. The topological polar surface area (TPSA) is 72.2 Å². The fraction of sp³-hybridized carbons (Fsp3) is 0. The van der Waals surface area contributed by atoms with Gasteiger partial charge in [-0.3, -0.25) is 14.6 Å². The second kappa shape index (κ2) is 6.84. The first-order valence-corrected chi connectivity index (χ1v) is 8.15. The Balaban J connectivity index is 1.68. The number of amides is 1. The van der Waals surface area contributed by atoms with Crippen molar-refractivity contribution < 1.29 is 13.6 Å². The van der Waals surface area contributed by atoms with E-state index in [9.17, 15) is 14.0 Å². The lowest BCUT2D eigenvalue weighted by molar-refractivity contribution is 0.102. The number of hydrogen-bond acceptors (Lipinski definition) is 4. The van der Waals surface area contributed by atoms with Gasteiger partial charge in [0.05, 0.1) is 10.9 Å². The van der Waals surface area contributed by atoms with Crippen molar-refractivity contribution in [3.8, 4) is 11.3 Å². The number of aromatic nitrogens is 1. The molecule has 0 aliphatic rings. The molecule has 0 unspecified atom stereocenters. The summed E-state index contributed by atoms with van der Waals surface area (Å²) >= 11 is 0. The zero-order valence-electron chi connectivity index (χ0n) is 14.0. The number of nitrogens with zero attached hydrogens (tertiary/aromatic N) is 1. The van der Waals surface area contributed by atoms with Crippen LogP contribution in [0.15, 0.2) is 82.3 Å². The van der Waals surface area contributed by atoms with Gasteiger partial charge in [-0.05, 0) is 54.6 Å². The number of rotatable bonds is 3. The number of carbonyl (C=O) groups is 1. The van der Waals surface area contributed by atoms with Crippen molar-refractivity contribution >= 4 is 22.6 Å². The number of fused-ring (bicyclic) bond motifs is 1. The van der Waals surface area contributed by atoms with Gasteiger partial charge >= 0.3 is 0 Å². The van der Waals surface area contributed by atoms with Crippen LogP contribution in [-0.4, -0.2) is 10.9 Å². The molecule has 6 heteroatoms. The van der Waals surface area contributed by atoms with Crippen LogP contribution in [0.2, 0.25) is 0 Å². The Kier molecular flexibility index (Phi) is 4.22. The van der Waals surface area contributed by atoms with E-state index in [-0.39, 0.29) is 17.2 Å². The SMILES string of the molecule is O=C(Nc1ccc2oc(-c3ccc(F)cc3)cc(=O)c2c1)c1cccnc1. The summed E-state index contributed by atoms with van der Waals surface area (Å²) < 4.78 is 18.8. The first-order chi connectivity index (χ1) is 13.1. The van der Waals surface area contributed by atoms with Crippen LogP contribution in [0.3, 0.4) is 0 Å². The van der Waals surface area contributed by atoms with E-state index < -0.39 is 0 Å². The maximum Gasteiger partial charge on any atom is 0.257 e. The lowest BCUT2D eigenvalue weighted by Gasteiger charge is -2.07. The summed E-state index contributed by atoms with van der Waals surface area (Å²) in [7, 11) is 0. The Labute approximate surface area is 153 Å². The van der Waals surface area contributed by atoms with E-state index in [2.05, 4.69) is 10.3 Å². The summed E-state index contributed by atoms with van der Waals surface area (Å²) in [6.45, 7) is 0. The van der Waals surface area contributed by atoms with E-state index in [1.165, 1.54) is 24.4 Å². The van der Waals surface area contributed by atoms with Gasteiger partial charge in [-0.2, -0.15) is 0 Å². The molecular weight excluding hydrogens is 347 g/mol. The van der Waals surface area contributed by atoms with E-state index in [1.54, 1.807) is 48.7 Å². The smallest absolute Gasteiger partial charge is 0.257 e. The quantitative estimate of drug-likeness (QED) is 0.593. The van der Waals surface area contributed by atoms with Crippen molar-refractivity contribution in [3.63, 3.8) is 0 Å². The summed E-state index contributed by atoms with van der Waals surface area (Å²) in [6.07, 6.45) is 3.04. The molecule has 132 valence electrons. The molecule has 0 aliphatic heterocycles. The molecule has 0 saturated heterocycles. The minimum Gasteiger partial charge on any atom is -0.456 e. The number of hydrogen-bond donors (Lipinski definition) is 1. The molecule has 1 N–H and O–H groups in total. The predicted octanol–water partition coefficient (Wildman–Crippen LogP) is 4.25. The minimum absolute atomic E-state index is 0.256. The molecule has 2 aromatic carbocycles. The van der Waals surface area contributed by atoms with E-state index in [0.29, 0.717) is 33.5 Å². The number of nitrogens with one attached hydrogen (secondary N) is 1. The average Bonchev–Trinajstić information content (AvgIpc) is 2.69. The van der Waals surface area contributed by atoms with Crippen molar-refractivity contribution in [2.45, 2.75) is 0 Å². The van der Waals surface area contributed by atoms with E-state index in [4.69, 9.17) is 4.42 Å². The van der Waals surface area contributed by atoms with Gasteiger partial charge in [0.2, 0.25) is 0 Å². The summed E-state index contributed by atoms with van der Waals surface area (Å²) in [4.78, 5) is 28.6. The third-order valence-corrected chi connectivity index (χ3v) is 4.04. The second-order valence-corrected chi connectivity index (χ2v) is 5.89. The molecule has 0 aliphatic carbocycles. The zero-order valence-corrected chi connectivity index (χ0v) is 14.0. The highest BCUT2D eigenvalue weighted by Gasteiger charge is 2.10. The van der Waals surface area contributed by atoms with Crippen LogP contribution in [0.1, 0.15) is 10.4 Å². The molecule has 0 bridgehead atoms. The van der Waals surface area contributed by atoms with Gasteiger partial charge in [0.1, 0.15) is 17.2 Å². The third-order valence-electron chi connectivity index (χ3n) is 4.04. The first-order valence-electron chi connectivity index (χ1n) is 8.15. The van der Waals surface area contributed by atoms with Crippen molar-refractivity contribution in [3.05, 3.63) is 94.7 Å². The summed E-state index contributed by atoms with van der Waals surface area (Å²) in [5, 5.41) is 3.07. The van der Waals surface area contributed by atoms with Crippen LogP contribution in [0.25, 0.3) is 22.3 Å². The van der Waals surface area contributed by atoms with Crippen LogP contribution < -0.4 is 10.7 Å². The standard InChI is InChI=1S/C21H13FN2O3/c22-15-5-3-13(4-6-15)20-11-18(25)17-10-16(7-8-19(17)27-20)24-21(26)14-2-1-9-23-12-14/h1-12H,(H,24,26). The molecule has 2 heterocycles. The van der Waals surface area contributed by atoms with Crippen molar-refractivity contribution in [1.82, 2.24) is 4.98 Å². The number of pyridine rings is 1. The monoisotopic (exact) mass is 360 g/mol. The highest BCUT2D eigenvalue weighted by molar-refractivity contribution is 6.04. The summed E-state index contributed by atoms with van der Waals surface area (Å²) in [5.74, 6) is -0.342. The Morgan fingerprint density at radius 1 is 1.04 bits per heavy atom. The van der Waals surface area contributed by atoms with Crippen molar-refractivity contribution in [2.75, 3.05) is 5.32 Å². The molecule has 0 saturated carbocycles. The number of anilines is 1. The molecule has 0 radical (unpaired) electrons. The van der Waals surface area contributed by atoms with E-state index in [1.807, 2.05) is 0 Å². The summed E-state index contributed by atoms with van der Waals surface area (Å²) in [5.41, 5.74) is 1.60. The molecule has 27 heavy (non-hydrogen) atoms. The van der Waals surface area contributed by atoms with Crippen LogP contribution in [0.5, 0.6) is 0 Å². The van der Waals surface area contributed by atoms with Crippen LogP contribution in [0, 0.1) is 5.82 Å². The lowest BCUT2D eigenvalue weighted by atomic mass is 10.1.